The van der Waals surface area contributed by atoms with Crippen molar-refractivity contribution in [1.29, 1.82) is 0 Å². The van der Waals surface area contributed by atoms with Gasteiger partial charge in [0.1, 0.15) is 5.69 Å². The Kier molecular flexibility index (Phi) is 8.34. The number of carbonyl (C=O) groups excluding carboxylic acids is 1. The monoisotopic (exact) mass is 574 g/mol. The van der Waals surface area contributed by atoms with Crippen molar-refractivity contribution in [1.82, 2.24) is 24.4 Å². The lowest BCUT2D eigenvalue weighted by molar-refractivity contribution is -0.138. The molecule has 2 aromatic carbocycles. The van der Waals surface area contributed by atoms with Gasteiger partial charge in [-0.1, -0.05) is 18.1 Å². The molecule has 5 rings (SSSR count). The minimum atomic E-state index is -4.55. The van der Waals surface area contributed by atoms with Crippen LogP contribution in [0.4, 0.5) is 18.9 Å². The fourth-order valence-electron chi connectivity index (χ4n) is 5.26. The summed E-state index contributed by atoms with van der Waals surface area (Å²) in [5.74, 6) is 5.69. The number of aromatic nitrogens is 3. The first kappa shape index (κ1) is 29.3. The molecule has 1 saturated heterocycles. The number of anilines is 1. The maximum atomic E-state index is 14.1. The lowest BCUT2D eigenvalue weighted by Gasteiger charge is -2.35. The molecule has 0 unspecified atom stereocenters. The SMILES string of the molecule is Cc1ccc(C(=O)Nc2ccc(CN3CCC(N(C)C)CC3)c(C(F)(F)F)c2)cc1C#Cc1c(C)nc2cccnn12. The topological polar surface area (TPSA) is 65.8 Å². The van der Waals surface area contributed by atoms with E-state index in [1.165, 1.54) is 12.1 Å². The van der Waals surface area contributed by atoms with Gasteiger partial charge in [-0.15, -0.1) is 0 Å². The molecule has 1 aliphatic heterocycles. The molecule has 42 heavy (non-hydrogen) atoms. The fraction of sp³-hybridized carbons (Fsp3) is 0.344. The van der Waals surface area contributed by atoms with Crippen molar-refractivity contribution >= 4 is 17.2 Å². The lowest BCUT2D eigenvalue weighted by atomic mass is 10.0. The standard InChI is InChI=1S/C32H33F3N6O/c1-21-7-8-24(18-23(21)10-12-29-22(2)37-30-6-5-15-36-41(29)30)31(42)38-26-11-9-25(28(19-26)32(33,34)35)20-40-16-13-27(14-17-40)39(3)4/h5-9,11,15,18-19,27H,13-14,16-17,20H2,1-4H3,(H,38,42). The molecule has 1 fully saturated rings. The van der Waals surface area contributed by atoms with E-state index in [2.05, 4.69) is 37.0 Å². The van der Waals surface area contributed by atoms with E-state index in [9.17, 15) is 18.0 Å². The Labute approximate surface area is 243 Å². The fourth-order valence-corrected chi connectivity index (χ4v) is 5.26. The number of carbonyl (C=O) groups is 1. The summed E-state index contributed by atoms with van der Waals surface area (Å²) in [6.07, 6.45) is -1.06. The molecule has 0 saturated carbocycles. The molecular formula is C32H33F3N6O. The average molecular weight is 575 g/mol. The molecule has 2 aromatic heterocycles. The van der Waals surface area contributed by atoms with E-state index in [4.69, 9.17) is 0 Å². The third-order valence-corrected chi connectivity index (χ3v) is 7.74. The van der Waals surface area contributed by atoms with Gasteiger partial charge in [-0.05, 0) is 107 Å². The van der Waals surface area contributed by atoms with Crippen molar-refractivity contribution < 1.29 is 18.0 Å². The van der Waals surface area contributed by atoms with Crippen molar-refractivity contribution in [3.63, 3.8) is 0 Å². The van der Waals surface area contributed by atoms with E-state index in [0.29, 0.717) is 28.5 Å². The second kappa shape index (κ2) is 12.0. The minimum Gasteiger partial charge on any atom is -0.322 e. The van der Waals surface area contributed by atoms with Gasteiger partial charge in [-0.3, -0.25) is 9.69 Å². The minimum absolute atomic E-state index is 0.0861. The largest absolute Gasteiger partial charge is 0.416 e. The number of piperidine rings is 1. The Balaban J connectivity index is 1.34. The van der Waals surface area contributed by atoms with Crippen molar-refractivity contribution in [2.75, 3.05) is 32.5 Å². The Morgan fingerprint density at radius 2 is 1.83 bits per heavy atom. The molecular weight excluding hydrogens is 541 g/mol. The first-order valence-electron chi connectivity index (χ1n) is 13.8. The molecule has 0 spiro atoms. The van der Waals surface area contributed by atoms with Crippen LogP contribution in [0, 0.1) is 25.7 Å². The summed E-state index contributed by atoms with van der Waals surface area (Å²) in [6.45, 7) is 5.42. The Morgan fingerprint density at radius 3 is 2.55 bits per heavy atom. The van der Waals surface area contributed by atoms with Crippen molar-refractivity contribution in [3.05, 3.63) is 93.9 Å². The predicted molar refractivity (Wildman–Crippen MR) is 156 cm³/mol. The van der Waals surface area contributed by atoms with Crippen LogP contribution in [-0.2, 0) is 12.7 Å². The number of hydrogen-bond acceptors (Lipinski definition) is 5. The van der Waals surface area contributed by atoms with Crippen LogP contribution in [0.25, 0.3) is 5.65 Å². The van der Waals surface area contributed by atoms with Crippen molar-refractivity contribution in [2.45, 2.75) is 45.5 Å². The van der Waals surface area contributed by atoms with Gasteiger partial charge < -0.3 is 10.2 Å². The number of imidazole rings is 1. The smallest absolute Gasteiger partial charge is 0.322 e. The first-order valence-corrected chi connectivity index (χ1v) is 13.8. The number of aryl methyl sites for hydroxylation is 2. The maximum absolute atomic E-state index is 14.1. The molecule has 3 heterocycles. The van der Waals surface area contributed by atoms with Crippen LogP contribution in [0.2, 0.25) is 0 Å². The van der Waals surface area contributed by atoms with Gasteiger partial charge in [-0.25, -0.2) is 9.50 Å². The van der Waals surface area contributed by atoms with Gasteiger partial charge >= 0.3 is 6.18 Å². The molecule has 4 aromatic rings. The highest BCUT2D eigenvalue weighted by molar-refractivity contribution is 6.04. The normalized spacial score (nSPS) is 14.7. The molecule has 1 aliphatic rings. The zero-order valence-corrected chi connectivity index (χ0v) is 24.1. The zero-order valence-electron chi connectivity index (χ0n) is 24.1. The van der Waals surface area contributed by atoms with Gasteiger partial charge in [-0.2, -0.15) is 18.3 Å². The van der Waals surface area contributed by atoms with Crippen LogP contribution in [0.15, 0.2) is 54.7 Å². The van der Waals surface area contributed by atoms with E-state index in [0.717, 1.165) is 43.3 Å². The van der Waals surface area contributed by atoms with Gasteiger partial charge in [0.15, 0.2) is 5.65 Å². The van der Waals surface area contributed by atoms with Crippen LogP contribution in [-0.4, -0.2) is 63.5 Å². The van der Waals surface area contributed by atoms with Gasteiger partial charge in [0.2, 0.25) is 0 Å². The van der Waals surface area contributed by atoms with E-state index >= 15 is 0 Å². The number of amides is 1. The molecule has 218 valence electrons. The summed E-state index contributed by atoms with van der Waals surface area (Å²) in [7, 11) is 4.06. The summed E-state index contributed by atoms with van der Waals surface area (Å²) in [4.78, 5) is 21.8. The Morgan fingerprint density at radius 1 is 1.07 bits per heavy atom. The van der Waals surface area contributed by atoms with Crippen molar-refractivity contribution in [3.8, 4) is 11.8 Å². The number of nitrogens with one attached hydrogen (secondary N) is 1. The predicted octanol–water partition coefficient (Wildman–Crippen LogP) is 5.54. The number of rotatable bonds is 5. The molecule has 10 heteroatoms. The van der Waals surface area contributed by atoms with E-state index < -0.39 is 17.6 Å². The number of likely N-dealkylation sites (tertiary alicyclic amines) is 1. The van der Waals surface area contributed by atoms with Crippen LogP contribution >= 0.6 is 0 Å². The first-order chi connectivity index (χ1) is 20.0. The van der Waals surface area contributed by atoms with Crippen molar-refractivity contribution in [2.24, 2.45) is 0 Å². The average Bonchev–Trinajstić information content (AvgIpc) is 3.27. The third kappa shape index (κ3) is 6.48. The van der Waals surface area contributed by atoms with E-state index in [1.807, 2.05) is 34.0 Å². The Bertz CT molecular complexity index is 1670. The summed E-state index contributed by atoms with van der Waals surface area (Å²) in [5, 5.41) is 6.94. The van der Waals surface area contributed by atoms with Crippen LogP contribution in [0.1, 0.15) is 56.8 Å². The third-order valence-electron chi connectivity index (χ3n) is 7.74. The zero-order chi connectivity index (χ0) is 30.0. The molecule has 1 amide bonds. The van der Waals surface area contributed by atoms with Gasteiger partial charge in [0.05, 0.1) is 11.3 Å². The van der Waals surface area contributed by atoms with Gasteiger partial charge in [0.25, 0.3) is 5.91 Å². The second-order valence-electron chi connectivity index (χ2n) is 10.9. The summed E-state index contributed by atoms with van der Waals surface area (Å²) in [5.41, 5.74) is 3.38. The molecule has 1 N–H and O–H groups in total. The number of fused-ring (bicyclic) bond motifs is 1. The lowest BCUT2D eigenvalue weighted by Crippen LogP contribution is -2.41. The van der Waals surface area contributed by atoms with Gasteiger partial charge in [0, 0.05) is 35.6 Å². The number of alkyl halides is 3. The molecule has 0 atom stereocenters. The molecule has 0 bridgehead atoms. The summed E-state index contributed by atoms with van der Waals surface area (Å²) >= 11 is 0. The van der Waals surface area contributed by atoms with Crippen LogP contribution in [0.3, 0.4) is 0 Å². The van der Waals surface area contributed by atoms with Crippen LogP contribution in [0.5, 0.6) is 0 Å². The van der Waals surface area contributed by atoms with E-state index in [1.54, 1.807) is 35.0 Å². The molecule has 0 radical (unpaired) electrons. The number of hydrogen-bond donors (Lipinski definition) is 1. The number of halogens is 3. The molecule has 0 aliphatic carbocycles. The number of nitrogens with zero attached hydrogens (tertiary/aromatic N) is 5. The second-order valence-corrected chi connectivity index (χ2v) is 10.9. The Hall–Kier alpha value is -4.20. The number of benzene rings is 2. The molecule has 7 nitrogen and oxygen atoms in total. The maximum Gasteiger partial charge on any atom is 0.416 e. The summed E-state index contributed by atoms with van der Waals surface area (Å²) in [6, 6.07) is 13.1. The summed E-state index contributed by atoms with van der Waals surface area (Å²) < 4.78 is 43.9. The highest BCUT2D eigenvalue weighted by Crippen LogP contribution is 2.35. The highest BCUT2D eigenvalue weighted by atomic mass is 19.4. The van der Waals surface area contributed by atoms with Crippen LogP contribution < -0.4 is 5.32 Å². The highest BCUT2D eigenvalue weighted by Gasteiger charge is 2.34. The quantitative estimate of drug-likeness (QED) is 0.317. The van der Waals surface area contributed by atoms with E-state index in [-0.39, 0.29) is 17.8 Å².